The van der Waals surface area contributed by atoms with Crippen LogP contribution in [0.3, 0.4) is 0 Å². The minimum absolute atomic E-state index is 0.000599. The number of aliphatic carboxylic acids is 1. The molecule has 3 aromatic rings. The Morgan fingerprint density at radius 3 is 2.42 bits per heavy atom. The van der Waals surface area contributed by atoms with E-state index in [1.165, 1.54) is 0 Å². The lowest BCUT2D eigenvalue weighted by Crippen LogP contribution is -2.26. The first-order valence-electron chi connectivity index (χ1n) is 11.4. The van der Waals surface area contributed by atoms with E-state index in [0.717, 1.165) is 28.2 Å². The van der Waals surface area contributed by atoms with Gasteiger partial charge in [0.25, 0.3) is 5.91 Å². The molecule has 1 heterocycles. The third kappa shape index (κ3) is 6.17. The maximum atomic E-state index is 12.3. The second-order valence-electron chi connectivity index (χ2n) is 8.36. The summed E-state index contributed by atoms with van der Waals surface area (Å²) in [6.45, 7) is 0.613. The van der Waals surface area contributed by atoms with Crippen molar-refractivity contribution >= 4 is 40.8 Å². The molecule has 4 rings (SSSR count). The number of hydrazone groups is 1. The Hall–Kier alpha value is -3.55. The molecule has 1 unspecified atom stereocenters. The number of carbonyl (C=O) groups excluding carboxylic acids is 1. The lowest BCUT2D eigenvalue weighted by molar-refractivity contribution is -0.136. The molecule has 9 heteroatoms. The summed E-state index contributed by atoms with van der Waals surface area (Å²) < 4.78 is 5.30. The zero-order valence-electron chi connectivity index (χ0n) is 19.6. The number of rotatable bonds is 9. The molecular formula is C27H25Cl2N3O4. The fourth-order valence-corrected chi connectivity index (χ4v) is 4.30. The Balaban J connectivity index is 1.54. The van der Waals surface area contributed by atoms with Gasteiger partial charge in [-0.3, -0.25) is 14.6 Å². The van der Waals surface area contributed by atoms with E-state index in [1.54, 1.807) is 25.3 Å². The lowest BCUT2D eigenvalue weighted by atomic mass is 9.98. The number of halogens is 2. The maximum absolute atomic E-state index is 12.3. The highest BCUT2D eigenvalue weighted by Gasteiger charge is 2.29. The minimum atomic E-state index is -0.955. The Kier molecular flexibility index (Phi) is 8.13. The van der Waals surface area contributed by atoms with Crippen LogP contribution < -0.4 is 10.1 Å². The van der Waals surface area contributed by atoms with Gasteiger partial charge in [0.2, 0.25) is 0 Å². The van der Waals surface area contributed by atoms with Gasteiger partial charge < -0.3 is 15.2 Å². The zero-order valence-corrected chi connectivity index (χ0v) is 21.1. The monoisotopic (exact) mass is 525 g/mol. The van der Waals surface area contributed by atoms with Gasteiger partial charge in [-0.1, -0.05) is 53.5 Å². The van der Waals surface area contributed by atoms with Gasteiger partial charge in [0.1, 0.15) is 5.75 Å². The smallest absolute Gasteiger partial charge is 0.305 e. The predicted molar refractivity (Wildman–Crippen MR) is 140 cm³/mol. The Labute approximate surface area is 219 Å². The van der Waals surface area contributed by atoms with E-state index in [4.69, 9.17) is 38.1 Å². The molecular weight excluding hydrogens is 501 g/mol. The number of benzene rings is 3. The van der Waals surface area contributed by atoms with Gasteiger partial charge in [-0.15, -0.1) is 0 Å². The van der Waals surface area contributed by atoms with Gasteiger partial charge in [-0.25, -0.2) is 0 Å². The molecule has 2 N–H and O–H groups in total. The molecule has 3 aromatic carbocycles. The van der Waals surface area contributed by atoms with Crippen molar-refractivity contribution < 1.29 is 19.4 Å². The van der Waals surface area contributed by atoms with Crippen LogP contribution in [0.25, 0.3) is 0 Å². The Bertz CT molecular complexity index is 1280. The van der Waals surface area contributed by atoms with Crippen LogP contribution in [0.4, 0.5) is 0 Å². The number of carbonyl (C=O) groups is 2. The number of hydrogen-bond donors (Lipinski definition) is 2. The normalized spacial score (nSPS) is 14.9. The van der Waals surface area contributed by atoms with E-state index in [9.17, 15) is 9.59 Å². The van der Waals surface area contributed by atoms with Crippen LogP contribution >= 0.6 is 23.2 Å². The SMILES string of the molecule is COc1ccc(C2CC(c3ccc(Cl)c(Cl)c3)=NN2Cc2ccc(C(=O)NCCC(=O)O)cc2)cc1. The molecule has 36 heavy (non-hydrogen) atoms. The average Bonchev–Trinajstić information content (AvgIpc) is 3.29. The summed E-state index contributed by atoms with van der Waals surface area (Å²) in [5, 5.41) is 19.3. The molecule has 0 bridgehead atoms. The van der Waals surface area contributed by atoms with E-state index in [2.05, 4.69) is 5.32 Å². The quantitative estimate of drug-likeness (QED) is 0.381. The molecule has 1 amide bonds. The van der Waals surface area contributed by atoms with Crippen molar-refractivity contribution in [3.8, 4) is 5.75 Å². The summed E-state index contributed by atoms with van der Waals surface area (Å²) >= 11 is 12.4. The molecule has 0 saturated carbocycles. The molecule has 0 aliphatic carbocycles. The number of hydrogen-bond acceptors (Lipinski definition) is 5. The van der Waals surface area contributed by atoms with Crippen molar-refractivity contribution in [1.29, 1.82) is 0 Å². The fourth-order valence-electron chi connectivity index (χ4n) is 4.00. The fraction of sp³-hybridized carbons (Fsp3) is 0.222. The van der Waals surface area contributed by atoms with Crippen LogP contribution in [0.15, 0.2) is 71.8 Å². The molecule has 0 fully saturated rings. The van der Waals surface area contributed by atoms with E-state index in [1.807, 2.05) is 53.5 Å². The van der Waals surface area contributed by atoms with Crippen LogP contribution in [-0.2, 0) is 11.3 Å². The first kappa shape index (κ1) is 25.5. The largest absolute Gasteiger partial charge is 0.497 e. The molecule has 0 radical (unpaired) electrons. The summed E-state index contributed by atoms with van der Waals surface area (Å²) in [5.74, 6) is -0.477. The van der Waals surface area contributed by atoms with Gasteiger partial charge in [0.15, 0.2) is 0 Å². The van der Waals surface area contributed by atoms with E-state index >= 15 is 0 Å². The Morgan fingerprint density at radius 2 is 1.78 bits per heavy atom. The first-order chi connectivity index (χ1) is 17.3. The van der Waals surface area contributed by atoms with E-state index < -0.39 is 5.97 Å². The highest BCUT2D eigenvalue weighted by Crippen LogP contribution is 2.35. The summed E-state index contributed by atoms with van der Waals surface area (Å²) in [7, 11) is 1.64. The molecule has 1 aliphatic rings. The molecule has 0 aromatic heterocycles. The van der Waals surface area contributed by atoms with Gasteiger partial charge in [-0.2, -0.15) is 5.10 Å². The number of ether oxygens (including phenoxy) is 1. The van der Waals surface area contributed by atoms with Crippen molar-refractivity contribution in [3.63, 3.8) is 0 Å². The molecule has 7 nitrogen and oxygen atoms in total. The average molecular weight is 526 g/mol. The predicted octanol–water partition coefficient (Wildman–Crippen LogP) is 5.56. The van der Waals surface area contributed by atoms with Crippen molar-refractivity contribution in [1.82, 2.24) is 10.3 Å². The topological polar surface area (TPSA) is 91.2 Å². The Morgan fingerprint density at radius 1 is 1.06 bits per heavy atom. The van der Waals surface area contributed by atoms with Crippen molar-refractivity contribution in [2.45, 2.75) is 25.4 Å². The van der Waals surface area contributed by atoms with Crippen LogP contribution in [-0.4, -0.2) is 41.4 Å². The summed E-state index contributed by atoms with van der Waals surface area (Å²) in [4.78, 5) is 22.9. The van der Waals surface area contributed by atoms with Crippen LogP contribution in [0.5, 0.6) is 5.75 Å². The van der Waals surface area contributed by atoms with Crippen molar-refractivity contribution in [2.24, 2.45) is 5.10 Å². The van der Waals surface area contributed by atoms with Gasteiger partial charge >= 0.3 is 5.97 Å². The number of carboxylic acids is 1. The van der Waals surface area contributed by atoms with Crippen LogP contribution in [0.2, 0.25) is 10.0 Å². The number of carboxylic acid groups (broad SMARTS) is 1. The zero-order chi connectivity index (χ0) is 25.7. The second-order valence-corrected chi connectivity index (χ2v) is 9.18. The van der Waals surface area contributed by atoms with Crippen molar-refractivity contribution in [2.75, 3.05) is 13.7 Å². The van der Waals surface area contributed by atoms with Gasteiger partial charge in [-0.05, 0) is 53.1 Å². The third-order valence-electron chi connectivity index (χ3n) is 5.93. The summed E-state index contributed by atoms with van der Waals surface area (Å²) in [5.41, 5.74) is 4.37. The third-order valence-corrected chi connectivity index (χ3v) is 6.67. The molecule has 0 saturated heterocycles. The molecule has 186 valence electrons. The van der Waals surface area contributed by atoms with E-state index in [0.29, 0.717) is 28.6 Å². The van der Waals surface area contributed by atoms with Gasteiger partial charge in [0, 0.05) is 18.5 Å². The van der Waals surface area contributed by atoms with Crippen LogP contribution in [0, 0.1) is 0 Å². The highest BCUT2D eigenvalue weighted by atomic mass is 35.5. The standard InChI is InChI=1S/C27H25Cl2N3O4/c1-36-21-9-6-18(7-10-21)25-15-24(20-8-11-22(28)23(29)14-20)31-32(25)16-17-2-4-19(5-3-17)27(35)30-13-12-26(33)34/h2-11,14,25H,12-13,15-16H2,1H3,(H,30,35)(H,33,34). The number of amides is 1. The number of methoxy groups -OCH3 is 1. The second kappa shape index (κ2) is 11.5. The minimum Gasteiger partial charge on any atom is -0.497 e. The lowest BCUT2D eigenvalue weighted by Gasteiger charge is -2.24. The van der Waals surface area contributed by atoms with Crippen molar-refractivity contribution in [3.05, 3.63) is 99.0 Å². The van der Waals surface area contributed by atoms with E-state index in [-0.39, 0.29) is 24.9 Å². The number of nitrogens with zero attached hydrogens (tertiary/aromatic N) is 2. The number of nitrogens with one attached hydrogen (secondary N) is 1. The maximum Gasteiger partial charge on any atom is 0.305 e. The van der Waals surface area contributed by atoms with Crippen LogP contribution in [0.1, 0.15) is 45.9 Å². The van der Waals surface area contributed by atoms with Gasteiger partial charge in [0.05, 0.1) is 41.9 Å². The molecule has 0 spiro atoms. The summed E-state index contributed by atoms with van der Waals surface area (Å²) in [6.07, 6.45) is 0.569. The molecule has 1 atom stereocenters. The first-order valence-corrected chi connectivity index (χ1v) is 12.1. The summed E-state index contributed by atoms with van der Waals surface area (Å²) in [6, 6.07) is 20.7. The molecule has 1 aliphatic heterocycles. The highest BCUT2D eigenvalue weighted by molar-refractivity contribution is 6.42.